The third kappa shape index (κ3) is 3.32. The van der Waals surface area contributed by atoms with Gasteiger partial charge < -0.3 is 10.7 Å². The Morgan fingerprint density at radius 3 is 2.72 bits per heavy atom. The minimum absolute atomic E-state index is 0.684. The van der Waals surface area contributed by atoms with Gasteiger partial charge in [0.05, 0.1) is 0 Å². The van der Waals surface area contributed by atoms with Crippen molar-refractivity contribution < 1.29 is 0 Å². The molecule has 1 aromatic heterocycles. The van der Waals surface area contributed by atoms with Crippen molar-refractivity contribution in [3.63, 3.8) is 0 Å². The number of nitrogen functional groups attached to an aromatic ring is 1. The van der Waals surface area contributed by atoms with Crippen molar-refractivity contribution in [2.45, 2.75) is 45.4 Å². The lowest BCUT2D eigenvalue weighted by atomic mass is 10.0. The summed E-state index contributed by atoms with van der Waals surface area (Å²) in [4.78, 5) is 8.30. The van der Waals surface area contributed by atoms with Crippen molar-refractivity contribution in [2.24, 2.45) is 11.8 Å². The summed E-state index contributed by atoms with van der Waals surface area (Å²) in [6.07, 6.45) is 9.77. The minimum atomic E-state index is 0.684. The van der Waals surface area contributed by atoms with Crippen LogP contribution >= 0.6 is 0 Å². The average Bonchev–Trinajstić information content (AvgIpc) is 2.89. The Labute approximate surface area is 109 Å². The number of aromatic nitrogens is 2. The Morgan fingerprint density at radius 2 is 2.00 bits per heavy atom. The van der Waals surface area contributed by atoms with Gasteiger partial charge in [-0.3, -0.25) is 0 Å². The van der Waals surface area contributed by atoms with E-state index < -0.39 is 0 Å². The molecule has 0 bridgehead atoms. The Bertz CT molecular complexity index is 374. The van der Waals surface area contributed by atoms with E-state index in [1.54, 1.807) is 0 Å². The second kappa shape index (κ2) is 6.54. The van der Waals surface area contributed by atoms with Crippen molar-refractivity contribution in [2.75, 3.05) is 17.3 Å². The maximum absolute atomic E-state index is 5.39. The zero-order valence-electron chi connectivity index (χ0n) is 11.1. The third-order valence-electron chi connectivity index (χ3n) is 3.78. The molecule has 4 N–H and O–H groups in total. The van der Waals surface area contributed by atoms with Gasteiger partial charge in [0.15, 0.2) is 0 Å². The molecule has 5 heteroatoms. The van der Waals surface area contributed by atoms with Crippen molar-refractivity contribution in [3.8, 4) is 0 Å². The molecule has 0 aliphatic heterocycles. The standard InChI is InChI=1S/C13H23N5/c1-10-12(16-9-17-13(10)18-14)15-8-4-7-11-5-2-3-6-11/h9,11H,2-8,14H2,1H3,(H2,15,16,17,18). The Hall–Kier alpha value is -1.36. The van der Waals surface area contributed by atoms with Gasteiger partial charge in [-0.2, -0.15) is 0 Å². The highest BCUT2D eigenvalue weighted by molar-refractivity contribution is 5.55. The monoisotopic (exact) mass is 249 g/mol. The largest absolute Gasteiger partial charge is 0.370 e. The molecule has 5 nitrogen and oxygen atoms in total. The van der Waals surface area contributed by atoms with Crippen LogP contribution in [0.5, 0.6) is 0 Å². The fourth-order valence-corrected chi connectivity index (χ4v) is 2.67. The van der Waals surface area contributed by atoms with Crippen LogP contribution in [0.4, 0.5) is 11.6 Å². The predicted octanol–water partition coefficient (Wildman–Crippen LogP) is 2.45. The summed E-state index contributed by atoms with van der Waals surface area (Å²) in [6, 6.07) is 0. The Balaban J connectivity index is 1.75. The lowest BCUT2D eigenvalue weighted by Gasteiger charge is -2.12. The molecule has 1 aromatic rings. The molecule has 100 valence electrons. The SMILES string of the molecule is Cc1c(NN)ncnc1NCCCC1CCCC1. The quantitative estimate of drug-likeness (QED) is 0.410. The second-order valence-electron chi connectivity index (χ2n) is 5.06. The first-order chi connectivity index (χ1) is 8.81. The number of nitrogens with one attached hydrogen (secondary N) is 2. The molecule has 1 aliphatic carbocycles. The smallest absolute Gasteiger partial charge is 0.148 e. The first-order valence-corrected chi connectivity index (χ1v) is 6.83. The van der Waals surface area contributed by atoms with E-state index in [1.807, 2.05) is 6.92 Å². The highest BCUT2D eigenvalue weighted by Crippen LogP contribution is 2.28. The maximum Gasteiger partial charge on any atom is 0.148 e. The molecule has 1 aliphatic rings. The number of rotatable bonds is 6. The predicted molar refractivity (Wildman–Crippen MR) is 74.3 cm³/mol. The molecule has 18 heavy (non-hydrogen) atoms. The molecule has 0 saturated heterocycles. The van der Waals surface area contributed by atoms with Crippen LogP contribution in [0.25, 0.3) is 0 Å². The van der Waals surface area contributed by atoms with Crippen LogP contribution in [0.2, 0.25) is 0 Å². The number of anilines is 2. The van der Waals surface area contributed by atoms with Gasteiger partial charge in [-0.05, 0) is 25.7 Å². The molecule has 0 atom stereocenters. The van der Waals surface area contributed by atoms with E-state index in [9.17, 15) is 0 Å². The van der Waals surface area contributed by atoms with Gasteiger partial charge in [0.1, 0.15) is 18.0 Å². The first-order valence-electron chi connectivity index (χ1n) is 6.83. The average molecular weight is 249 g/mol. The van der Waals surface area contributed by atoms with E-state index in [4.69, 9.17) is 5.84 Å². The molecule has 0 spiro atoms. The minimum Gasteiger partial charge on any atom is -0.370 e. The van der Waals surface area contributed by atoms with Crippen LogP contribution < -0.4 is 16.6 Å². The topological polar surface area (TPSA) is 75.9 Å². The van der Waals surface area contributed by atoms with Crippen molar-refractivity contribution in [3.05, 3.63) is 11.9 Å². The highest BCUT2D eigenvalue weighted by atomic mass is 15.3. The molecular weight excluding hydrogens is 226 g/mol. The third-order valence-corrected chi connectivity index (χ3v) is 3.78. The summed E-state index contributed by atoms with van der Waals surface area (Å²) in [5, 5.41) is 3.36. The van der Waals surface area contributed by atoms with Crippen molar-refractivity contribution in [1.82, 2.24) is 9.97 Å². The second-order valence-corrected chi connectivity index (χ2v) is 5.06. The van der Waals surface area contributed by atoms with Crippen LogP contribution in [0, 0.1) is 12.8 Å². The van der Waals surface area contributed by atoms with E-state index in [2.05, 4.69) is 20.7 Å². The van der Waals surface area contributed by atoms with E-state index >= 15 is 0 Å². The van der Waals surface area contributed by atoms with E-state index in [-0.39, 0.29) is 0 Å². The molecule has 0 radical (unpaired) electrons. The van der Waals surface area contributed by atoms with Gasteiger partial charge >= 0.3 is 0 Å². The summed E-state index contributed by atoms with van der Waals surface area (Å²) < 4.78 is 0. The molecule has 0 aromatic carbocycles. The zero-order chi connectivity index (χ0) is 12.8. The number of nitrogens with zero attached hydrogens (tertiary/aromatic N) is 2. The van der Waals surface area contributed by atoms with Crippen LogP contribution in [-0.4, -0.2) is 16.5 Å². The first kappa shape index (κ1) is 13.1. The van der Waals surface area contributed by atoms with Crippen LogP contribution in [0.1, 0.15) is 44.1 Å². The van der Waals surface area contributed by atoms with Gasteiger partial charge in [-0.25, -0.2) is 15.8 Å². The van der Waals surface area contributed by atoms with Gasteiger partial charge in [-0.1, -0.05) is 25.7 Å². The lowest BCUT2D eigenvalue weighted by molar-refractivity contribution is 0.491. The normalized spacial score (nSPS) is 15.9. The van der Waals surface area contributed by atoms with Gasteiger partial charge in [0.2, 0.25) is 0 Å². The fourth-order valence-electron chi connectivity index (χ4n) is 2.67. The summed E-state index contributed by atoms with van der Waals surface area (Å²) in [6.45, 7) is 2.94. The number of hydrazine groups is 1. The molecule has 1 saturated carbocycles. The summed E-state index contributed by atoms with van der Waals surface area (Å²) >= 11 is 0. The molecule has 0 amide bonds. The summed E-state index contributed by atoms with van der Waals surface area (Å²) in [7, 11) is 0. The molecule has 2 rings (SSSR count). The Morgan fingerprint density at radius 1 is 1.28 bits per heavy atom. The number of hydrogen-bond acceptors (Lipinski definition) is 5. The van der Waals surface area contributed by atoms with Gasteiger partial charge in [0, 0.05) is 12.1 Å². The van der Waals surface area contributed by atoms with Gasteiger partial charge in [-0.15, -0.1) is 0 Å². The molecule has 1 fully saturated rings. The molecule has 0 unspecified atom stereocenters. The highest BCUT2D eigenvalue weighted by Gasteiger charge is 2.14. The zero-order valence-corrected chi connectivity index (χ0v) is 11.1. The van der Waals surface area contributed by atoms with Gasteiger partial charge in [0.25, 0.3) is 0 Å². The van der Waals surface area contributed by atoms with Crippen LogP contribution in [0.15, 0.2) is 6.33 Å². The van der Waals surface area contributed by atoms with E-state index in [0.29, 0.717) is 5.82 Å². The van der Waals surface area contributed by atoms with E-state index in [0.717, 1.165) is 23.8 Å². The van der Waals surface area contributed by atoms with Crippen LogP contribution in [-0.2, 0) is 0 Å². The van der Waals surface area contributed by atoms with E-state index in [1.165, 1.54) is 44.9 Å². The summed E-state index contributed by atoms with van der Waals surface area (Å²) in [5.41, 5.74) is 3.55. The number of hydrogen-bond donors (Lipinski definition) is 3. The lowest BCUT2D eigenvalue weighted by Crippen LogP contribution is -2.13. The Kier molecular flexibility index (Phi) is 4.75. The van der Waals surface area contributed by atoms with Crippen molar-refractivity contribution >= 4 is 11.6 Å². The molecule has 1 heterocycles. The molecular formula is C13H23N5. The van der Waals surface area contributed by atoms with Crippen LogP contribution in [0.3, 0.4) is 0 Å². The van der Waals surface area contributed by atoms with Crippen molar-refractivity contribution in [1.29, 1.82) is 0 Å². The number of nitrogens with two attached hydrogens (primary N) is 1. The fraction of sp³-hybridized carbons (Fsp3) is 0.692. The maximum atomic E-state index is 5.39. The summed E-state index contributed by atoms with van der Waals surface area (Å²) in [5.74, 6) is 7.91.